The number of pyridine rings is 1. The van der Waals surface area contributed by atoms with E-state index in [1.165, 1.54) is 12.2 Å². The van der Waals surface area contributed by atoms with Crippen LogP contribution in [0.5, 0.6) is 0 Å². The predicted molar refractivity (Wildman–Crippen MR) is 75.3 cm³/mol. The summed E-state index contributed by atoms with van der Waals surface area (Å²) in [6.45, 7) is 2.28. The normalized spacial score (nSPS) is 23.2. The number of aromatic nitrogens is 3. The molecule has 1 aliphatic rings. The highest BCUT2D eigenvalue weighted by molar-refractivity contribution is 8.00. The van der Waals surface area contributed by atoms with Gasteiger partial charge in [-0.3, -0.25) is 4.57 Å². The third kappa shape index (κ3) is 2.36. The SMILES string of the molecule is CC1SCCC1Nc1ccc(-n2ccnc2)nc1. The molecule has 0 bridgehead atoms. The molecule has 0 spiro atoms. The lowest BCUT2D eigenvalue weighted by molar-refractivity contribution is 0.723. The first-order valence-electron chi connectivity index (χ1n) is 6.15. The highest BCUT2D eigenvalue weighted by Gasteiger charge is 2.23. The largest absolute Gasteiger partial charge is 0.380 e. The topological polar surface area (TPSA) is 42.7 Å². The van der Waals surface area contributed by atoms with Crippen LogP contribution >= 0.6 is 11.8 Å². The third-order valence-electron chi connectivity index (χ3n) is 3.25. The molecule has 0 amide bonds. The Kier molecular flexibility index (Phi) is 3.23. The summed E-state index contributed by atoms with van der Waals surface area (Å²) >= 11 is 2.03. The van der Waals surface area contributed by atoms with Crippen molar-refractivity contribution in [2.75, 3.05) is 11.1 Å². The van der Waals surface area contributed by atoms with Crippen molar-refractivity contribution in [2.45, 2.75) is 24.6 Å². The van der Waals surface area contributed by atoms with E-state index in [0.29, 0.717) is 11.3 Å². The zero-order valence-corrected chi connectivity index (χ0v) is 11.1. The van der Waals surface area contributed by atoms with Gasteiger partial charge in [-0.1, -0.05) is 6.92 Å². The van der Waals surface area contributed by atoms with Gasteiger partial charge in [0.25, 0.3) is 0 Å². The predicted octanol–water partition coefficient (Wildman–Crippen LogP) is 2.57. The Morgan fingerprint density at radius 2 is 2.39 bits per heavy atom. The summed E-state index contributed by atoms with van der Waals surface area (Å²) in [6, 6.07) is 4.66. The summed E-state index contributed by atoms with van der Waals surface area (Å²) in [7, 11) is 0. The van der Waals surface area contributed by atoms with Gasteiger partial charge in [0.15, 0.2) is 0 Å². The molecule has 3 rings (SSSR count). The Hall–Kier alpha value is -1.49. The summed E-state index contributed by atoms with van der Waals surface area (Å²) in [5.41, 5.74) is 1.10. The van der Waals surface area contributed by atoms with Crippen LogP contribution in [0.15, 0.2) is 37.1 Å². The van der Waals surface area contributed by atoms with Crippen LogP contribution in [0.25, 0.3) is 5.82 Å². The number of imidazole rings is 1. The Bertz CT molecular complexity index is 494. The molecule has 1 saturated heterocycles. The third-order valence-corrected chi connectivity index (χ3v) is 4.57. The van der Waals surface area contributed by atoms with Crippen molar-refractivity contribution in [3.05, 3.63) is 37.1 Å². The van der Waals surface area contributed by atoms with Crippen LogP contribution in [0.3, 0.4) is 0 Å². The van der Waals surface area contributed by atoms with Gasteiger partial charge >= 0.3 is 0 Å². The molecule has 5 heteroatoms. The fourth-order valence-electron chi connectivity index (χ4n) is 2.15. The second-order valence-electron chi connectivity index (χ2n) is 4.49. The summed E-state index contributed by atoms with van der Waals surface area (Å²) in [6.07, 6.45) is 8.53. The monoisotopic (exact) mass is 260 g/mol. The number of anilines is 1. The maximum atomic E-state index is 4.44. The van der Waals surface area contributed by atoms with E-state index in [4.69, 9.17) is 0 Å². The van der Waals surface area contributed by atoms with Crippen LogP contribution in [0.2, 0.25) is 0 Å². The second kappa shape index (κ2) is 5.02. The Balaban J connectivity index is 1.71. The zero-order valence-electron chi connectivity index (χ0n) is 10.3. The van der Waals surface area contributed by atoms with Crippen LogP contribution in [0, 0.1) is 0 Å². The number of thioether (sulfide) groups is 1. The minimum Gasteiger partial charge on any atom is -0.380 e. The van der Waals surface area contributed by atoms with E-state index < -0.39 is 0 Å². The fourth-order valence-corrected chi connectivity index (χ4v) is 3.35. The van der Waals surface area contributed by atoms with E-state index in [9.17, 15) is 0 Å². The van der Waals surface area contributed by atoms with Crippen LogP contribution in [-0.2, 0) is 0 Å². The van der Waals surface area contributed by atoms with Crippen molar-refractivity contribution in [1.29, 1.82) is 0 Å². The molecule has 2 atom stereocenters. The molecule has 0 saturated carbocycles. The average Bonchev–Trinajstić information content (AvgIpc) is 3.03. The minimum absolute atomic E-state index is 0.566. The lowest BCUT2D eigenvalue weighted by Gasteiger charge is -2.17. The highest BCUT2D eigenvalue weighted by Crippen LogP contribution is 2.28. The van der Waals surface area contributed by atoms with Crippen molar-refractivity contribution >= 4 is 17.4 Å². The Morgan fingerprint density at radius 3 is 3.00 bits per heavy atom. The smallest absolute Gasteiger partial charge is 0.137 e. The lowest BCUT2D eigenvalue weighted by atomic mass is 10.1. The van der Waals surface area contributed by atoms with Gasteiger partial charge in [-0.15, -0.1) is 0 Å². The van der Waals surface area contributed by atoms with E-state index in [-0.39, 0.29) is 0 Å². The number of nitrogens with zero attached hydrogens (tertiary/aromatic N) is 3. The summed E-state index contributed by atoms with van der Waals surface area (Å²) in [4.78, 5) is 8.46. The fraction of sp³-hybridized carbons (Fsp3) is 0.385. The van der Waals surface area contributed by atoms with Gasteiger partial charge in [0.1, 0.15) is 12.1 Å². The second-order valence-corrected chi connectivity index (χ2v) is 5.98. The number of hydrogen-bond acceptors (Lipinski definition) is 4. The molecular weight excluding hydrogens is 244 g/mol. The van der Waals surface area contributed by atoms with Crippen molar-refractivity contribution in [3.8, 4) is 5.82 Å². The maximum Gasteiger partial charge on any atom is 0.137 e. The molecule has 2 aromatic rings. The number of nitrogens with one attached hydrogen (secondary N) is 1. The van der Waals surface area contributed by atoms with Gasteiger partial charge in [-0.25, -0.2) is 9.97 Å². The summed E-state index contributed by atoms with van der Waals surface area (Å²) in [5, 5.41) is 4.23. The molecule has 94 valence electrons. The van der Waals surface area contributed by atoms with Gasteiger partial charge in [-0.2, -0.15) is 11.8 Å². The van der Waals surface area contributed by atoms with Gasteiger partial charge in [0, 0.05) is 23.7 Å². The van der Waals surface area contributed by atoms with Crippen LogP contribution in [0.4, 0.5) is 5.69 Å². The zero-order chi connectivity index (χ0) is 12.4. The first kappa shape index (κ1) is 11.6. The van der Waals surface area contributed by atoms with Crippen molar-refractivity contribution in [3.63, 3.8) is 0 Å². The molecule has 0 aliphatic carbocycles. The van der Waals surface area contributed by atoms with Crippen LogP contribution < -0.4 is 5.32 Å². The van der Waals surface area contributed by atoms with E-state index in [0.717, 1.165) is 11.5 Å². The van der Waals surface area contributed by atoms with Crippen molar-refractivity contribution in [1.82, 2.24) is 14.5 Å². The van der Waals surface area contributed by atoms with Crippen LogP contribution in [0.1, 0.15) is 13.3 Å². The number of rotatable bonds is 3. The summed E-state index contributed by atoms with van der Waals surface area (Å²) in [5.74, 6) is 2.14. The van der Waals surface area contributed by atoms with Gasteiger partial charge in [0.05, 0.1) is 11.9 Å². The first-order valence-corrected chi connectivity index (χ1v) is 7.20. The van der Waals surface area contributed by atoms with Gasteiger partial charge < -0.3 is 5.32 Å². The molecular formula is C13H16N4S. The highest BCUT2D eigenvalue weighted by atomic mass is 32.2. The molecule has 1 N–H and O–H groups in total. The van der Waals surface area contributed by atoms with E-state index in [1.54, 1.807) is 12.5 Å². The van der Waals surface area contributed by atoms with Crippen molar-refractivity contribution < 1.29 is 0 Å². The molecule has 2 unspecified atom stereocenters. The van der Waals surface area contributed by atoms with Crippen LogP contribution in [-0.4, -0.2) is 31.6 Å². The maximum absolute atomic E-state index is 4.44. The first-order chi connectivity index (χ1) is 8.83. The number of hydrogen-bond donors (Lipinski definition) is 1. The molecule has 18 heavy (non-hydrogen) atoms. The Labute approximate surface area is 111 Å². The molecule has 1 fully saturated rings. The molecule has 4 nitrogen and oxygen atoms in total. The van der Waals surface area contributed by atoms with Gasteiger partial charge in [0.2, 0.25) is 0 Å². The quantitative estimate of drug-likeness (QED) is 0.921. The molecule has 1 aliphatic heterocycles. The molecule has 2 aromatic heterocycles. The minimum atomic E-state index is 0.566. The Morgan fingerprint density at radius 1 is 1.44 bits per heavy atom. The average molecular weight is 260 g/mol. The van der Waals surface area contributed by atoms with E-state index in [2.05, 4.69) is 28.3 Å². The molecule has 0 radical (unpaired) electrons. The van der Waals surface area contributed by atoms with Gasteiger partial charge in [-0.05, 0) is 24.3 Å². The molecule has 0 aromatic carbocycles. The summed E-state index contributed by atoms with van der Waals surface area (Å²) < 4.78 is 1.90. The van der Waals surface area contributed by atoms with E-state index in [1.807, 2.05) is 34.8 Å². The lowest BCUT2D eigenvalue weighted by Crippen LogP contribution is -2.24. The molecule has 3 heterocycles. The van der Waals surface area contributed by atoms with Crippen molar-refractivity contribution in [2.24, 2.45) is 0 Å². The van der Waals surface area contributed by atoms with E-state index >= 15 is 0 Å². The standard InChI is InChI=1S/C13H16N4S/c1-10-12(4-7-18-10)16-11-2-3-13(15-8-11)17-6-5-14-9-17/h2-3,5-6,8-10,12,16H,4,7H2,1H3.